The molecule has 2 atom stereocenters. The molecule has 1 fully saturated rings. The van der Waals surface area contributed by atoms with E-state index < -0.39 is 0 Å². The molecule has 5 nitrogen and oxygen atoms in total. The van der Waals surface area contributed by atoms with Crippen molar-refractivity contribution in [1.82, 2.24) is 10.1 Å². The molecule has 84 valence electrons. The average molecular weight is 211 g/mol. The van der Waals surface area contributed by atoms with Crippen LogP contribution < -0.4 is 5.73 Å². The highest BCUT2D eigenvalue weighted by molar-refractivity contribution is 4.99. The molecule has 2 rings (SSSR count). The number of nitrogens with zero attached hydrogens (tertiary/aromatic N) is 2. The standard InChI is InChI=1S/C10H17N3O2/c1-3-7(11)10-12-9(13-15-10)8(14-2)6-4-5-6/h6-8H,3-5,11H2,1-2H3/t7-,8?/m0/s1. The van der Waals surface area contributed by atoms with E-state index in [0.717, 1.165) is 6.42 Å². The van der Waals surface area contributed by atoms with Crippen molar-refractivity contribution in [3.63, 3.8) is 0 Å². The molecular weight excluding hydrogens is 194 g/mol. The van der Waals surface area contributed by atoms with Gasteiger partial charge in [-0.15, -0.1) is 0 Å². The van der Waals surface area contributed by atoms with Gasteiger partial charge in [0, 0.05) is 7.11 Å². The predicted octanol–water partition coefficient (Wildman–Crippen LogP) is 1.58. The molecule has 15 heavy (non-hydrogen) atoms. The minimum absolute atomic E-state index is 0.0217. The second-order valence-corrected chi connectivity index (χ2v) is 4.00. The highest BCUT2D eigenvalue weighted by Gasteiger charge is 2.35. The van der Waals surface area contributed by atoms with E-state index in [2.05, 4.69) is 10.1 Å². The minimum Gasteiger partial charge on any atom is -0.373 e. The van der Waals surface area contributed by atoms with Gasteiger partial charge in [0.15, 0.2) is 0 Å². The van der Waals surface area contributed by atoms with Gasteiger partial charge in [-0.3, -0.25) is 0 Å². The van der Waals surface area contributed by atoms with Crippen LogP contribution in [0, 0.1) is 5.92 Å². The molecule has 1 heterocycles. The van der Waals surface area contributed by atoms with Crippen molar-refractivity contribution >= 4 is 0 Å². The first kappa shape index (κ1) is 10.6. The summed E-state index contributed by atoms with van der Waals surface area (Å²) in [4.78, 5) is 4.29. The maximum Gasteiger partial charge on any atom is 0.243 e. The minimum atomic E-state index is -0.164. The van der Waals surface area contributed by atoms with E-state index in [-0.39, 0.29) is 12.1 Å². The number of hydrogen-bond donors (Lipinski definition) is 1. The fraction of sp³-hybridized carbons (Fsp3) is 0.800. The maximum absolute atomic E-state index is 5.80. The van der Waals surface area contributed by atoms with Gasteiger partial charge in [-0.1, -0.05) is 12.1 Å². The van der Waals surface area contributed by atoms with Crippen LogP contribution in [0.4, 0.5) is 0 Å². The normalized spacial score (nSPS) is 20.2. The van der Waals surface area contributed by atoms with Gasteiger partial charge in [-0.05, 0) is 25.2 Å². The lowest BCUT2D eigenvalue weighted by Crippen LogP contribution is -2.10. The summed E-state index contributed by atoms with van der Waals surface area (Å²) in [5.74, 6) is 1.70. The zero-order valence-electron chi connectivity index (χ0n) is 9.14. The second-order valence-electron chi connectivity index (χ2n) is 4.00. The number of hydrogen-bond acceptors (Lipinski definition) is 5. The van der Waals surface area contributed by atoms with Crippen LogP contribution in [0.3, 0.4) is 0 Å². The summed E-state index contributed by atoms with van der Waals surface area (Å²) in [5, 5.41) is 3.93. The lowest BCUT2D eigenvalue weighted by molar-refractivity contribution is 0.0751. The molecule has 2 N–H and O–H groups in total. The van der Waals surface area contributed by atoms with Gasteiger partial charge < -0.3 is 15.0 Å². The van der Waals surface area contributed by atoms with E-state index in [9.17, 15) is 0 Å². The maximum atomic E-state index is 5.80. The third kappa shape index (κ3) is 2.18. The van der Waals surface area contributed by atoms with E-state index in [1.54, 1.807) is 7.11 Å². The Labute approximate surface area is 89.0 Å². The number of nitrogens with two attached hydrogens (primary N) is 1. The van der Waals surface area contributed by atoms with Crippen LogP contribution in [0.25, 0.3) is 0 Å². The highest BCUT2D eigenvalue weighted by atomic mass is 16.5. The molecule has 0 bridgehead atoms. The topological polar surface area (TPSA) is 74.2 Å². The molecule has 0 aliphatic heterocycles. The second kappa shape index (κ2) is 4.28. The van der Waals surface area contributed by atoms with Crippen molar-refractivity contribution in [1.29, 1.82) is 0 Å². The Bertz CT molecular complexity index is 322. The number of rotatable bonds is 5. The van der Waals surface area contributed by atoms with Crippen LogP contribution >= 0.6 is 0 Å². The number of aromatic nitrogens is 2. The van der Waals surface area contributed by atoms with Crippen molar-refractivity contribution in [2.45, 2.75) is 38.3 Å². The molecule has 0 aromatic carbocycles. The molecule has 1 aliphatic rings. The SMILES string of the molecule is CC[C@H](N)c1nc(C(OC)C2CC2)no1. The summed E-state index contributed by atoms with van der Waals surface area (Å²) >= 11 is 0. The van der Waals surface area contributed by atoms with Crippen molar-refractivity contribution in [3.8, 4) is 0 Å². The van der Waals surface area contributed by atoms with E-state index >= 15 is 0 Å². The molecule has 1 unspecified atom stereocenters. The Morgan fingerprint density at radius 2 is 2.33 bits per heavy atom. The largest absolute Gasteiger partial charge is 0.373 e. The van der Waals surface area contributed by atoms with Gasteiger partial charge in [0.2, 0.25) is 11.7 Å². The summed E-state index contributed by atoms with van der Waals surface area (Å²) < 4.78 is 10.5. The Hall–Kier alpha value is -0.940. The van der Waals surface area contributed by atoms with Crippen molar-refractivity contribution < 1.29 is 9.26 Å². The fourth-order valence-electron chi connectivity index (χ4n) is 1.60. The monoisotopic (exact) mass is 211 g/mol. The lowest BCUT2D eigenvalue weighted by atomic mass is 10.2. The lowest BCUT2D eigenvalue weighted by Gasteiger charge is -2.08. The first-order chi connectivity index (χ1) is 7.26. The molecule has 1 aliphatic carbocycles. The number of ether oxygens (including phenoxy) is 1. The molecule has 0 amide bonds. The molecule has 1 aromatic heterocycles. The first-order valence-corrected chi connectivity index (χ1v) is 5.38. The van der Waals surface area contributed by atoms with E-state index in [1.807, 2.05) is 6.92 Å². The van der Waals surface area contributed by atoms with Gasteiger partial charge in [0.05, 0.1) is 6.04 Å². The molecule has 0 radical (unpaired) electrons. The Balaban J connectivity index is 2.10. The summed E-state index contributed by atoms with van der Waals surface area (Å²) in [6, 6.07) is -0.164. The Morgan fingerprint density at radius 3 is 2.87 bits per heavy atom. The first-order valence-electron chi connectivity index (χ1n) is 5.38. The Morgan fingerprint density at radius 1 is 1.60 bits per heavy atom. The van der Waals surface area contributed by atoms with Gasteiger partial charge in [-0.25, -0.2) is 0 Å². The van der Waals surface area contributed by atoms with Gasteiger partial charge in [0.25, 0.3) is 0 Å². The van der Waals surface area contributed by atoms with Crippen molar-refractivity contribution in [2.24, 2.45) is 11.7 Å². The molecular formula is C10H17N3O2. The summed E-state index contributed by atoms with van der Waals surface area (Å²) in [6.07, 6.45) is 3.14. The Kier molecular flexibility index (Phi) is 3.02. The molecule has 0 saturated heterocycles. The van der Waals surface area contributed by atoms with Crippen LogP contribution in [0.2, 0.25) is 0 Å². The number of methoxy groups -OCH3 is 1. The summed E-state index contributed by atoms with van der Waals surface area (Å²) in [7, 11) is 1.68. The van der Waals surface area contributed by atoms with Gasteiger partial charge in [0.1, 0.15) is 6.10 Å². The van der Waals surface area contributed by atoms with Gasteiger partial charge in [-0.2, -0.15) is 4.98 Å². The van der Waals surface area contributed by atoms with Crippen LogP contribution in [0.1, 0.15) is 50.0 Å². The van der Waals surface area contributed by atoms with E-state index in [1.165, 1.54) is 12.8 Å². The third-order valence-electron chi connectivity index (χ3n) is 2.77. The highest BCUT2D eigenvalue weighted by Crippen LogP contribution is 2.42. The molecule has 0 spiro atoms. The quantitative estimate of drug-likeness (QED) is 0.800. The van der Waals surface area contributed by atoms with Crippen LogP contribution in [-0.2, 0) is 4.74 Å². The summed E-state index contributed by atoms with van der Waals surface area (Å²) in [5.41, 5.74) is 5.80. The molecule has 1 saturated carbocycles. The van der Waals surface area contributed by atoms with E-state index in [0.29, 0.717) is 17.6 Å². The van der Waals surface area contributed by atoms with Crippen LogP contribution in [0.15, 0.2) is 4.52 Å². The average Bonchev–Trinajstić information content (AvgIpc) is 2.96. The van der Waals surface area contributed by atoms with E-state index in [4.69, 9.17) is 15.0 Å². The molecule has 1 aromatic rings. The van der Waals surface area contributed by atoms with Crippen LogP contribution in [-0.4, -0.2) is 17.3 Å². The third-order valence-corrected chi connectivity index (χ3v) is 2.77. The zero-order chi connectivity index (χ0) is 10.8. The fourth-order valence-corrected chi connectivity index (χ4v) is 1.60. The zero-order valence-corrected chi connectivity index (χ0v) is 9.14. The van der Waals surface area contributed by atoms with Crippen LogP contribution in [0.5, 0.6) is 0 Å². The summed E-state index contributed by atoms with van der Waals surface area (Å²) in [6.45, 7) is 1.99. The van der Waals surface area contributed by atoms with Crippen molar-refractivity contribution in [2.75, 3.05) is 7.11 Å². The molecule has 5 heteroatoms. The van der Waals surface area contributed by atoms with Gasteiger partial charge >= 0.3 is 0 Å². The van der Waals surface area contributed by atoms with Crippen molar-refractivity contribution in [3.05, 3.63) is 11.7 Å². The smallest absolute Gasteiger partial charge is 0.243 e. The predicted molar refractivity (Wildman–Crippen MR) is 54.0 cm³/mol.